The molecule has 0 spiro atoms. The molecule has 7 nitrogen and oxygen atoms in total. The Hall–Kier alpha value is -2.49. The number of nitrogens with one attached hydrogen (secondary N) is 1. The van der Waals surface area contributed by atoms with Gasteiger partial charge >= 0.3 is 0 Å². The van der Waals surface area contributed by atoms with E-state index in [1.54, 1.807) is 31.2 Å². The molecule has 1 N–H and O–H groups in total. The van der Waals surface area contributed by atoms with Gasteiger partial charge in [0.2, 0.25) is 21.1 Å². The number of carbonyl (C=O) groups is 1. The second-order valence-electron chi connectivity index (χ2n) is 6.23. The standard InChI is InChI=1S/C19H19ClN4O3S2/c1-3-16(24(29(2,26)27)15-11-9-14(20)10-12-15)17(25)21-19-23-22-18(28-19)13-7-5-4-6-8-13/h4-12,16H,3H2,1-2H3,(H,21,23,25)/t16-/m0/s1. The molecule has 0 aliphatic carbocycles. The molecule has 2 aromatic carbocycles. The predicted molar refractivity (Wildman–Crippen MR) is 117 cm³/mol. The highest BCUT2D eigenvalue weighted by atomic mass is 35.5. The molecule has 1 atom stereocenters. The van der Waals surface area contributed by atoms with Crippen LogP contribution in [0.15, 0.2) is 54.6 Å². The topological polar surface area (TPSA) is 92.3 Å². The summed E-state index contributed by atoms with van der Waals surface area (Å²) in [4.78, 5) is 12.9. The Morgan fingerprint density at radius 1 is 1.14 bits per heavy atom. The molecule has 0 saturated carbocycles. The summed E-state index contributed by atoms with van der Waals surface area (Å²) in [6.07, 6.45) is 1.34. The van der Waals surface area contributed by atoms with Crippen LogP contribution >= 0.6 is 22.9 Å². The third-order valence-corrected chi connectivity index (χ3v) is 6.41. The fourth-order valence-electron chi connectivity index (χ4n) is 2.81. The van der Waals surface area contributed by atoms with Crippen LogP contribution in [0.2, 0.25) is 5.02 Å². The minimum Gasteiger partial charge on any atom is -0.299 e. The highest BCUT2D eigenvalue weighted by molar-refractivity contribution is 7.92. The zero-order valence-corrected chi connectivity index (χ0v) is 18.1. The number of hydrogen-bond donors (Lipinski definition) is 1. The second kappa shape index (κ2) is 8.89. The van der Waals surface area contributed by atoms with E-state index in [4.69, 9.17) is 11.6 Å². The monoisotopic (exact) mass is 450 g/mol. The average molecular weight is 451 g/mol. The molecule has 1 heterocycles. The summed E-state index contributed by atoms with van der Waals surface area (Å²) in [6.45, 7) is 1.74. The molecular formula is C19H19ClN4O3S2. The van der Waals surface area contributed by atoms with Gasteiger partial charge in [0, 0.05) is 10.6 Å². The lowest BCUT2D eigenvalue weighted by Crippen LogP contribution is -2.46. The van der Waals surface area contributed by atoms with Crippen molar-refractivity contribution in [2.45, 2.75) is 19.4 Å². The Morgan fingerprint density at radius 3 is 2.38 bits per heavy atom. The number of sulfonamides is 1. The lowest BCUT2D eigenvalue weighted by atomic mass is 10.2. The number of rotatable bonds is 7. The first-order valence-electron chi connectivity index (χ1n) is 8.74. The Balaban J connectivity index is 1.85. The molecule has 1 amide bonds. The average Bonchev–Trinajstić information content (AvgIpc) is 3.15. The number of halogens is 1. The van der Waals surface area contributed by atoms with Gasteiger partial charge in [-0.3, -0.25) is 14.4 Å². The van der Waals surface area contributed by atoms with Crippen LogP contribution in [-0.2, 0) is 14.8 Å². The van der Waals surface area contributed by atoms with Gasteiger partial charge in [0.25, 0.3) is 0 Å². The first-order valence-corrected chi connectivity index (χ1v) is 11.8. The van der Waals surface area contributed by atoms with E-state index < -0.39 is 22.0 Å². The van der Waals surface area contributed by atoms with Crippen LogP contribution in [0.4, 0.5) is 10.8 Å². The molecule has 0 bridgehead atoms. The summed E-state index contributed by atoms with van der Waals surface area (Å²) < 4.78 is 26.0. The molecule has 0 saturated heterocycles. The van der Waals surface area contributed by atoms with Crippen LogP contribution in [0.25, 0.3) is 10.6 Å². The Labute approximate surface area is 178 Å². The number of benzene rings is 2. The minimum atomic E-state index is -3.72. The van der Waals surface area contributed by atoms with Crippen molar-refractivity contribution in [3.8, 4) is 10.6 Å². The smallest absolute Gasteiger partial charge is 0.250 e. The Morgan fingerprint density at radius 2 is 1.79 bits per heavy atom. The van der Waals surface area contributed by atoms with Crippen molar-refractivity contribution in [2.24, 2.45) is 0 Å². The fourth-order valence-corrected chi connectivity index (χ4v) is 4.90. The number of hydrogen-bond acceptors (Lipinski definition) is 6. The molecule has 1 aromatic heterocycles. The maximum atomic E-state index is 12.9. The molecule has 3 aromatic rings. The van der Waals surface area contributed by atoms with Crippen LogP contribution in [0, 0.1) is 0 Å². The van der Waals surface area contributed by atoms with Crippen molar-refractivity contribution in [1.82, 2.24) is 10.2 Å². The first kappa shape index (κ1) is 21.2. The molecule has 0 aliphatic rings. The summed E-state index contributed by atoms with van der Waals surface area (Å²) in [6, 6.07) is 14.8. The Bertz CT molecular complexity index is 1090. The van der Waals surface area contributed by atoms with Crippen molar-refractivity contribution < 1.29 is 13.2 Å². The zero-order valence-electron chi connectivity index (χ0n) is 15.7. The summed E-state index contributed by atoms with van der Waals surface area (Å²) in [5.74, 6) is -0.483. The van der Waals surface area contributed by atoms with Crippen LogP contribution in [-0.4, -0.2) is 36.8 Å². The molecular weight excluding hydrogens is 432 g/mol. The summed E-state index contributed by atoms with van der Waals surface area (Å²) >= 11 is 7.13. The highest BCUT2D eigenvalue weighted by Crippen LogP contribution is 2.28. The first-order chi connectivity index (χ1) is 13.8. The van der Waals surface area contributed by atoms with Crippen LogP contribution in [0.5, 0.6) is 0 Å². The number of amides is 1. The lowest BCUT2D eigenvalue weighted by molar-refractivity contribution is -0.117. The maximum absolute atomic E-state index is 12.9. The van der Waals surface area contributed by atoms with E-state index in [0.29, 0.717) is 20.8 Å². The van der Waals surface area contributed by atoms with Crippen LogP contribution in [0.1, 0.15) is 13.3 Å². The summed E-state index contributed by atoms with van der Waals surface area (Å²) in [5.41, 5.74) is 1.25. The normalized spacial score (nSPS) is 12.4. The van der Waals surface area contributed by atoms with E-state index >= 15 is 0 Å². The van der Waals surface area contributed by atoms with Crippen LogP contribution in [0.3, 0.4) is 0 Å². The molecule has 0 aliphatic heterocycles. The third kappa shape index (κ3) is 5.11. The molecule has 10 heteroatoms. The predicted octanol–water partition coefficient (Wildman–Crippen LogP) is 4.04. The number of nitrogens with zero attached hydrogens (tertiary/aromatic N) is 3. The molecule has 0 fully saturated rings. The molecule has 0 unspecified atom stereocenters. The SMILES string of the molecule is CC[C@@H](C(=O)Nc1nnc(-c2ccccc2)s1)N(c1ccc(Cl)cc1)S(C)(=O)=O. The largest absolute Gasteiger partial charge is 0.299 e. The van der Waals surface area contributed by atoms with Gasteiger partial charge in [0.1, 0.15) is 11.0 Å². The Kier molecular flexibility index (Phi) is 6.51. The molecule has 29 heavy (non-hydrogen) atoms. The van der Waals surface area contributed by atoms with Gasteiger partial charge in [0.05, 0.1) is 11.9 Å². The van der Waals surface area contributed by atoms with E-state index in [1.165, 1.54) is 11.3 Å². The number of carbonyl (C=O) groups excluding carboxylic acids is 1. The van der Waals surface area contributed by atoms with Gasteiger partial charge in [0.15, 0.2) is 0 Å². The van der Waals surface area contributed by atoms with Gasteiger partial charge in [-0.05, 0) is 30.7 Å². The summed E-state index contributed by atoms with van der Waals surface area (Å²) in [5, 5.41) is 12.2. The van der Waals surface area contributed by atoms with E-state index in [1.807, 2.05) is 30.3 Å². The lowest BCUT2D eigenvalue weighted by Gasteiger charge is -2.29. The second-order valence-corrected chi connectivity index (χ2v) is 9.50. The number of anilines is 2. The fraction of sp³-hybridized carbons (Fsp3) is 0.211. The molecule has 0 radical (unpaired) electrons. The van der Waals surface area contributed by atoms with Crippen LogP contribution < -0.4 is 9.62 Å². The third-order valence-electron chi connectivity index (χ3n) is 4.09. The van der Waals surface area contributed by atoms with Crippen molar-refractivity contribution in [1.29, 1.82) is 0 Å². The van der Waals surface area contributed by atoms with Gasteiger partial charge < -0.3 is 0 Å². The minimum absolute atomic E-state index is 0.270. The molecule has 152 valence electrons. The van der Waals surface area contributed by atoms with Crippen molar-refractivity contribution in [3.63, 3.8) is 0 Å². The van der Waals surface area contributed by atoms with Gasteiger partial charge in [-0.25, -0.2) is 8.42 Å². The van der Waals surface area contributed by atoms with E-state index in [9.17, 15) is 13.2 Å². The van der Waals surface area contributed by atoms with Crippen molar-refractivity contribution >= 4 is 49.7 Å². The van der Waals surface area contributed by atoms with Gasteiger partial charge in [-0.2, -0.15) is 0 Å². The van der Waals surface area contributed by atoms with Crippen molar-refractivity contribution in [2.75, 3.05) is 15.9 Å². The highest BCUT2D eigenvalue weighted by Gasteiger charge is 2.32. The van der Waals surface area contributed by atoms with E-state index in [-0.39, 0.29) is 6.42 Å². The zero-order chi connectivity index (χ0) is 21.0. The number of aromatic nitrogens is 2. The van der Waals surface area contributed by atoms with Gasteiger partial charge in [-0.1, -0.05) is 60.2 Å². The summed E-state index contributed by atoms with van der Waals surface area (Å²) in [7, 11) is -3.72. The quantitative estimate of drug-likeness (QED) is 0.586. The maximum Gasteiger partial charge on any atom is 0.250 e. The van der Waals surface area contributed by atoms with Gasteiger partial charge in [-0.15, -0.1) is 10.2 Å². The van der Waals surface area contributed by atoms with E-state index in [2.05, 4.69) is 15.5 Å². The van der Waals surface area contributed by atoms with Crippen molar-refractivity contribution in [3.05, 3.63) is 59.6 Å². The molecule has 3 rings (SSSR count). The van der Waals surface area contributed by atoms with E-state index in [0.717, 1.165) is 16.1 Å².